The number of anilines is 2. The van der Waals surface area contributed by atoms with Crippen LogP contribution in [0.15, 0.2) is 54.6 Å². The Morgan fingerprint density at radius 2 is 1.69 bits per heavy atom. The third-order valence-corrected chi connectivity index (χ3v) is 5.85. The van der Waals surface area contributed by atoms with Gasteiger partial charge in [-0.2, -0.15) is 11.8 Å². The summed E-state index contributed by atoms with van der Waals surface area (Å²) in [6.45, 7) is 0. The van der Waals surface area contributed by atoms with Crippen LogP contribution in [-0.2, 0) is 9.53 Å². The number of phenols is 1. The highest BCUT2D eigenvalue weighted by molar-refractivity contribution is 7.98. The van der Waals surface area contributed by atoms with Gasteiger partial charge in [0.1, 0.15) is 17.5 Å². The molecule has 0 bridgehead atoms. The van der Waals surface area contributed by atoms with Crippen molar-refractivity contribution in [2.24, 2.45) is 0 Å². The Balaban J connectivity index is 1.72. The quantitative estimate of drug-likeness (QED) is 0.326. The van der Waals surface area contributed by atoms with Crippen LogP contribution in [-0.4, -0.2) is 55.3 Å². The van der Waals surface area contributed by atoms with Crippen molar-refractivity contribution in [3.8, 4) is 11.5 Å². The van der Waals surface area contributed by atoms with Crippen molar-refractivity contribution in [2.45, 2.75) is 12.5 Å². The number of urea groups is 1. The molecule has 9 nitrogen and oxygen atoms in total. The summed E-state index contributed by atoms with van der Waals surface area (Å²) < 4.78 is 9.81. The molecule has 184 valence electrons. The smallest absolute Gasteiger partial charge is 0.338 e. The largest absolute Gasteiger partial charge is 0.507 e. The monoisotopic (exact) mass is 497 g/mol. The second-order valence-electron chi connectivity index (χ2n) is 7.57. The van der Waals surface area contributed by atoms with Crippen LogP contribution in [0.4, 0.5) is 16.2 Å². The molecule has 0 unspecified atom stereocenters. The lowest BCUT2D eigenvalue weighted by Gasteiger charge is -2.19. The predicted molar refractivity (Wildman–Crippen MR) is 138 cm³/mol. The molecule has 0 spiro atoms. The lowest BCUT2D eigenvalue weighted by Crippen LogP contribution is -2.45. The van der Waals surface area contributed by atoms with Gasteiger partial charge < -0.3 is 30.5 Å². The molecular weight excluding hydrogens is 470 g/mol. The molecule has 1 atom stereocenters. The zero-order valence-corrected chi connectivity index (χ0v) is 20.4. The number of amides is 3. The van der Waals surface area contributed by atoms with Gasteiger partial charge in [-0.05, 0) is 72.3 Å². The summed E-state index contributed by atoms with van der Waals surface area (Å²) in [5, 5.41) is 19.7. The van der Waals surface area contributed by atoms with E-state index in [1.54, 1.807) is 67.4 Å². The number of hydrogen-bond donors (Lipinski definition) is 4. The minimum absolute atomic E-state index is 0.116. The van der Waals surface area contributed by atoms with Gasteiger partial charge in [0.15, 0.2) is 0 Å². The van der Waals surface area contributed by atoms with Crippen molar-refractivity contribution >= 4 is 51.8 Å². The lowest BCUT2D eigenvalue weighted by molar-refractivity contribution is -0.117. The maximum atomic E-state index is 13.0. The van der Waals surface area contributed by atoms with Gasteiger partial charge in [-0.15, -0.1) is 0 Å². The number of phenolic OH excluding ortho intramolecular Hbond substituents is 1. The maximum Gasteiger partial charge on any atom is 0.338 e. The van der Waals surface area contributed by atoms with Crippen LogP contribution in [0.1, 0.15) is 16.8 Å². The number of carbonyl (C=O) groups is 3. The molecule has 3 aromatic carbocycles. The average Bonchev–Trinajstić information content (AvgIpc) is 2.86. The second kappa shape index (κ2) is 12.0. The molecule has 0 aliphatic heterocycles. The molecule has 35 heavy (non-hydrogen) atoms. The van der Waals surface area contributed by atoms with E-state index in [-0.39, 0.29) is 11.3 Å². The van der Waals surface area contributed by atoms with Crippen molar-refractivity contribution < 1.29 is 29.0 Å². The fourth-order valence-corrected chi connectivity index (χ4v) is 3.86. The molecule has 0 aliphatic carbocycles. The van der Waals surface area contributed by atoms with Gasteiger partial charge in [0.2, 0.25) is 5.91 Å². The Morgan fingerprint density at radius 1 is 0.971 bits per heavy atom. The zero-order valence-electron chi connectivity index (χ0n) is 19.6. The molecule has 3 amide bonds. The number of aromatic hydroxyl groups is 1. The fraction of sp³-hybridized carbons (Fsp3) is 0.240. The number of rotatable bonds is 9. The van der Waals surface area contributed by atoms with Crippen molar-refractivity contribution in [1.29, 1.82) is 0 Å². The van der Waals surface area contributed by atoms with Crippen molar-refractivity contribution in [3.05, 3.63) is 60.2 Å². The lowest BCUT2D eigenvalue weighted by atomic mass is 10.0. The predicted octanol–water partition coefficient (Wildman–Crippen LogP) is 4.22. The Morgan fingerprint density at radius 3 is 2.34 bits per heavy atom. The standard InChI is InChI=1S/C25H27N3O6S/c1-33-19-8-6-17(7-9-19)27-25(32)28-21(10-11-35-3)23(30)26-18-5-4-15-12-16(24(31)34-2)13-22(29)20(15)14-18/h4-9,12-14,21,29H,10-11H2,1-3H3,(H,26,30)(H2,27,28,32)/t21-/m0/s1. The second-order valence-corrected chi connectivity index (χ2v) is 8.56. The van der Waals surface area contributed by atoms with Crippen molar-refractivity contribution in [2.75, 3.05) is 36.9 Å². The minimum Gasteiger partial charge on any atom is -0.507 e. The van der Waals surface area contributed by atoms with E-state index in [2.05, 4.69) is 16.0 Å². The normalized spacial score (nSPS) is 11.4. The SMILES string of the molecule is COC(=O)c1cc(O)c2cc(NC(=O)[C@H](CCSC)NC(=O)Nc3ccc(OC)cc3)ccc2c1. The molecule has 3 aromatic rings. The van der Waals surface area contributed by atoms with Gasteiger partial charge in [-0.3, -0.25) is 4.79 Å². The van der Waals surface area contributed by atoms with Gasteiger partial charge in [-0.25, -0.2) is 9.59 Å². The van der Waals surface area contributed by atoms with Crippen molar-refractivity contribution in [3.63, 3.8) is 0 Å². The van der Waals surface area contributed by atoms with Crippen LogP contribution in [0.2, 0.25) is 0 Å². The number of esters is 1. The summed E-state index contributed by atoms with van der Waals surface area (Å²) in [6.07, 6.45) is 2.34. The topological polar surface area (TPSA) is 126 Å². The first kappa shape index (κ1) is 25.7. The van der Waals surface area contributed by atoms with Gasteiger partial charge in [0.05, 0.1) is 19.8 Å². The summed E-state index contributed by atoms with van der Waals surface area (Å²) in [5.41, 5.74) is 1.22. The third-order valence-electron chi connectivity index (χ3n) is 5.20. The molecule has 10 heteroatoms. The number of ether oxygens (including phenoxy) is 2. The number of thioether (sulfide) groups is 1. The molecule has 3 rings (SSSR count). The molecule has 0 aromatic heterocycles. The summed E-state index contributed by atoms with van der Waals surface area (Å²) in [7, 11) is 2.82. The van der Waals surface area contributed by atoms with Crippen LogP contribution in [0.5, 0.6) is 11.5 Å². The molecule has 0 saturated heterocycles. The van der Waals surface area contributed by atoms with Crippen LogP contribution in [0.3, 0.4) is 0 Å². The van der Waals surface area contributed by atoms with E-state index < -0.39 is 23.9 Å². The van der Waals surface area contributed by atoms with E-state index >= 15 is 0 Å². The highest BCUT2D eigenvalue weighted by Crippen LogP contribution is 2.29. The van der Waals surface area contributed by atoms with E-state index in [1.165, 1.54) is 13.2 Å². The number of benzene rings is 3. The first-order chi connectivity index (χ1) is 16.8. The van der Waals surface area contributed by atoms with E-state index in [4.69, 9.17) is 9.47 Å². The maximum absolute atomic E-state index is 13.0. The molecule has 0 heterocycles. The first-order valence-electron chi connectivity index (χ1n) is 10.7. The number of methoxy groups -OCH3 is 2. The summed E-state index contributed by atoms with van der Waals surface area (Å²) >= 11 is 1.56. The van der Waals surface area contributed by atoms with E-state index in [9.17, 15) is 19.5 Å². The van der Waals surface area contributed by atoms with Crippen LogP contribution in [0, 0.1) is 0 Å². The van der Waals surface area contributed by atoms with E-state index in [0.717, 1.165) is 0 Å². The molecule has 0 fully saturated rings. The highest BCUT2D eigenvalue weighted by Gasteiger charge is 2.21. The Hall–Kier alpha value is -3.92. The van der Waals surface area contributed by atoms with Gasteiger partial charge >= 0.3 is 12.0 Å². The number of carbonyl (C=O) groups excluding carboxylic acids is 3. The number of nitrogens with one attached hydrogen (secondary N) is 3. The molecule has 4 N–H and O–H groups in total. The molecular formula is C25H27N3O6S. The number of hydrogen-bond acceptors (Lipinski definition) is 7. The summed E-state index contributed by atoms with van der Waals surface area (Å²) in [6, 6.07) is 13.4. The average molecular weight is 498 g/mol. The Labute approximate surface area is 207 Å². The van der Waals surface area contributed by atoms with E-state index in [1.807, 2.05) is 6.26 Å². The minimum atomic E-state index is -0.785. The van der Waals surface area contributed by atoms with Crippen molar-refractivity contribution in [1.82, 2.24) is 5.32 Å². The van der Waals surface area contributed by atoms with E-state index in [0.29, 0.717) is 40.1 Å². The summed E-state index contributed by atoms with van der Waals surface area (Å²) in [5.74, 6) is 0.255. The Bertz CT molecular complexity index is 1220. The van der Waals surface area contributed by atoms with Crippen LogP contribution >= 0.6 is 11.8 Å². The zero-order chi connectivity index (χ0) is 25.4. The van der Waals surface area contributed by atoms with Gasteiger partial charge in [-0.1, -0.05) is 6.07 Å². The number of fused-ring (bicyclic) bond motifs is 1. The highest BCUT2D eigenvalue weighted by atomic mass is 32.2. The third kappa shape index (κ3) is 6.80. The molecule has 0 aliphatic rings. The first-order valence-corrected chi connectivity index (χ1v) is 12.1. The molecule has 0 saturated carbocycles. The molecule has 0 radical (unpaired) electrons. The summed E-state index contributed by atoms with van der Waals surface area (Å²) in [4.78, 5) is 37.3. The van der Waals surface area contributed by atoms with Gasteiger partial charge in [0, 0.05) is 16.8 Å². The fourth-order valence-electron chi connectivity index (χ4n) is 3.39. The van der Waals surface area contributed by atoms with Gasteiger partial charge in [0.25, 0.3) is 0 Å². The van der Waals surface area contributed by atoms with Crippen LogP contribution < -0.4 is 20.7 Å². The van der Waals surface area contributed by atoms with Crippen LogP contribution in [0.25, 0.3) is 10.8 Å². The Kier molecular flexibility index (Phi) is 8.80.